The van der Waals surface area contributed by atoms with Crippen molar-refractivity contribution in [1.29, 1.82) is 0 Å². The molecular formula is C22H24Cl4N4O2. The third-order valence-corrected chi connectivity index (χ3v) is 6.45. The summed E-state index contributed by atoms with van der Waals surface area (Å²) >= 11 is 23.9. The molecule has 172 valence electrons. The Hall–Kier alpha value is -1.86. The van der Waals surface area contributed by atoms with Gasteiger partial charge in [0.2, 0.25) is 0 Å². The lowest BCUT2D eigenvalue weighted by atomic mass is 9.81. The minimum atomic E-state index is -0.311. The van der Waals surface area contributed by atoms with Crippen molar-refractivity contribution in [3.05, 3.63) is 56.5 Å². The molecule has 4 amide bonds. The van der Waals surface area contributed by atoms with E-state index in [0.29, 0.717) is 56.4 Å². The molecule has 0 radical (unpaired) electrons. The summed E-state index contributed by atoms with van der Waals surface area (Å²) in [5.41, 5.74) is 1.01. The Balaban J connectivity index is 1.40. The SMILES string of the molecule is O=C(NC[C@@H]1CCC[C@@H](CNC(=O)Nc2ccc(Cl)cc2Cl)C1)Nc1ccc(Cl)cc1Cl. The number of carbonyl (C=O) groups is 2. The Labute approximate surface area is 207 Å². The molecule has 0 bridgehead atoms. The van der Waals surface area contributed by atoms with Gasteiger partial charge >= 0.3 is 12.1 Å². The predicted octanol–water partition coefficient (Wildman–Crippen LogP) is 7.05. The molecule has 1 fully saturated rings. The summed E-state index contributed by atoms with van der Waals surface area (Å²) in [5, 5.41) is 13.1. The van der Waals surface area contributed by atoms with Crippen LogP contribution in [-0.4, -0.2) is 25.2 Å². The number of nitrogens with one attached hydrogen (secondary N) is 4. The highest BCUT2D eigenvalue weighted by Gasteiger charge is 2.23. The second-order valence-corrected chi connectivity index (χ2v) is 9.50. The standard InChI is InChI=1S/C22H24Cl4N4O2/c23-15-4-6-19(17(25)9-15)29-21(31)27-11-13-2-1-3-14(8-13)12-28-22(32)30-20-7-5-16(24)10-18(20)26/h4-7,9-10,13-14H,1-3,8,11-12H2,(H2,27,29,31)(H2,28,30,32)/t13-,14-/m1/s1. The fraction of sp³-hybridized carbons (Fsp3) is 0.364. The van der Waals surface area contributed by atoms with Crippen LogP contribution in [0.3, 0.4) is 0 Å². The van der Waals surface area contributed by atoms with Crippen molar-refractivity contribution >= 4 is 69.8 Å². The first-order valence-electron chi connectivity index (χ1n) is 10.3. The minimum absolute atomic E-state index is 0.311. The third-order valence-electron chi connectivity index (χ3n) is 5.35. The van der Waals surface area contributed by atoms with Crippen molar-refractivity contribution in [2.75, 3.05) is 23.7 Å². The van der Waals surface area contributed by atoms with Crippen molar-refractivity contribution in [3.8, 4) is 0 Å². The van der Waals surface area contributed by atoms with Crippen molar-refractivity contribution in [2.45, 2.75) is 25.7 Å². The van der Waals surface area contributed by atoms with Crippen LogP contribution in [0.15, 0.2) is 36.4 Å². The van der Waals surface area contributed by atoms with E-state index in [2.05, 4.69) is 21.3 Å². The molecule has 2 atom stereocenters. The third kappa shape index (κ3) is 7.62. The number of amides is 4. The lowest BCUT2D eigenvalue weighted by Gasteiger charge is -2.29. The molecule has 10 heteroatoms. The number of carbonyl (C=O) groups excluding carboxylic acids is 2. The molecule has 0 aromatic heterocycles. The first kappa shape index (κ1) is 24.8. The molecule has 6 nitrogen and oxygen atoms in total. The molecule has 2 aromatic carbocycles. The zero-order valence-corrected chi connectivity index (χ0v) is 20.2. The second kappa shape index (κ2) is 11.8. The van der Waals surface area contributed by atoms with E-state index in [-0.39, 0.29) is 12.1 Å². The molecule has 0 aliphatic heterocycles. The van der Waals surface area contributed by atoms with E-state index in [9.17, 15) is 9.59 Å². The van der Waals surface area contributed by atoms with E-state index >= 15 is 0 Å². The van der Waals surface area contributed by atoms with Gasteiger partial charge in [-0.05, 0) is 67.5 Å². The van der Waals surface area contributed by atoms with E-state index in [0.717, 1.165) is 25.7 Å². The average Bonchev–Trinajstić information content (AvgIpc) is 2.75. The molecule has 0 saturated heterocycles. The lowest BCUT2D eigenvalue weighted by molar-refractivity contribution is 0.230. The van der Waals surface area contributed by atoms with Gasteiger partial charge in [-0.1, -0.05) is 52.8 Å². The number of hydrogen-bond donors (Lipinski definition) is 4. The Bertz CT molecular complexity index is 897. The zero-order valence-electron chi connectivity index (χ0n) is 17.2. The molecular weight excluding hydrogens is 494 g/mol. The van der Waals surface area contributed by atoms with Gasteiger partial charge in [0.25, 0.3) is 0 Å². The Kier molecular flexibility index (Phi) is 9.17. The summed E-state index contributed by atoms with van der Waals surface area (Å²) in [4.78, 5) is 24.4. The first-order chi connectivity index (χ1) is 15.3. The number of anilines is 2. The van der Waals surface area contributed by atoms with Crippen LogP contribution in [0.4, 0.5) is 21.0 Å². The predicted molar refractivity (Wildman–Crippen MR) is 132 cm³/mol. The quantitative estimate of drug-likeness (QED) is 0.331. The summed E-state index contributed by atoms with van der Waals surface area (Å²) in [6, 6.07) is 9.19. The highest BCUT2D eigenvalue weighted by Crippen LogP contribution is 2.29. The Morgan fingerprint density at radius 1 is 0.750 bits per heavy atom. The summed E-state index contributed by atoms with van der Waals surface area (Å²) in [6.07, 6.45) is 4.04. The molecule has 1 aliphatic carbocycles. The van der Waals surface area contributed by atoms with E-state index in [1.54, 1.807) is 36.4 Å². The van der Waals surface area contributed by atoms with Gasteiger partial charge in [-0.15, -0.1) is 0 Å². The van der Waals surface area contributed by atoms with Crippen molar-refractivity contribution in [2.24, 2.45) is 11.8 Å². The highest BCUT2D eigenvalue weighted by molar-refractivity contribution is 6.37. The van der Waals surface area contributed by atoms with Crippen molar-refractivity contribution in [1.82, 2.24) is 10.6 Å². The Morgan fingerprint density at radius 2 is 1.19 bits per heavy atom. The maximum atomic E-state index is 12.2. The van der Waals surface area contributed by atoms with Crippen LogP contribution in [-0.2, 0) is 0 Å². The lowest BCUT2D eigenvalue weighted by Crippen LogP contribution is -2.38. The van der Waals surface area contributed by atoms with Crippen molar-refractivity contribution in [3.63, 3.8) is 0 Å². The van der Waals surface area contributed by atoms with Crippen molar-refractivity contribution < 1.29 is 9.59 Å². The van der Waals surface area contributed by atoms with Crippen LogP contribution in [0.5, 0.6) is 0 Å². The maximum Gasteiger partial charge on any atom is 0.319 e. The zero-order chi connectivity index (χ0) is 23.1. The molecule has 4 N–H and O–H groups in total. The topological polar surface area (TPSA) is 82.3 Å². The van der Waals surface area contributed by atoms with Gasteiger partial charge in [0.05, 0.1) is 21.4 Å². The van der Waals surface area contributed by atoms with Gasteiger partial charge in [-0.2, -0.15) is 0 Å². The summed E-state index contributed by atoms with van der Waals surface area (Å²) < 4.78 is 0. The normalized spacial score (nSPS) is 18.0. The van der Waals surface area contributed by atoms with Crippen LogP contribution in [0.2, 0.25) is 20.1 Å². The van der Waals surface area contributed by atoms with E-state index in [1.807, 2.05) is 0 Å². The van der Waals surface area contributed by atoms with Crippen LogP contribution < -0.4 is 21.3 Å². The van der Waals surface area contributed by atoms with Gasteiger partial charge in [0, 0.05) is 23.1 Å². The summed E-state index contributed by atoms with van der Waals surface area (Å²) in [7, 11) is 0. The second-order valence-electron chi connectivity index (χ2n) is 7.82. The molecule has 0 heterocycles. The molecule has 2 aromatic rings. The van der Waals surface area contributed by atoms with Crippen LogP contribution >= 0.6 is 46.4 Å². The van der Waals surface area contributed by atoms with E-state index in [4.69, 9.17) is 46.4 Å². The minimum Gasteiger partial charge on any atom is -0.338 e. The fourth-order valence-electron chi connectivity index (χ4n) is 3.76. The number of urea groups is 2. The molecule has 0 spiro atoms. The Morgan fingerprint density at radius 3 is 1.59 bits per heavy atom. The molecule has 1 aliphatic rings. The van der Waals surface area contributed by atoms with Crippen LogP contribution in [0, 0.1) is 11.8 Å². The number of halogens is 4. The molecule has 3 rings (SSSR count). The number of rotatable bonds is 6. The number of hydrogen-bond acceptors (Lipinski definition) is 2. The van der Waals surface area contributed by atoms with Gasteiger partial charge in [-0.25, -0.2) is 9.59 Å². The average molecular weight is 518 g/mol. The first-order valence-corrected chi connectivity index (χ1v) is 11.8. The monoisotopic (exact) mass is 516 g/mol. The molecule has 32 heavy (non-hydrogen) atoms. The van der Waals surface area contributed by atoms with Gasteiger partial charge in [0.15, 0.2) is 0 Å². The van der Waals surface area contributed by atoms with Crippen LogP contribution in [0.1, 0.15) is 25.7 Å². The summed E-state index contributed by atoms with van der Waals surface area (Å²) in [6.45, 7) is 1.11. The maximum absolute atomic E-state index is 12.2. The van der Waals surface area contributed by atoms with Gasteiger partial charge in [-0.3, -0.25) is 0 Å². The summed E-state index contributed by atoms with van der Waals surface area (Å²) in [5.74, 6) is 0.687. The van der Waals surface area contributed by atoms with Gasteiger partial charge in [0.1, 0.15) is 0 Å². The van der Waals surface area contributed by atoms with Gasteiger partial charge < -0.3 is 21.3 Å². The highest BCUT2D eigenvalue weighted by atomic mass is 35.5. The van der Waals surface area contributed by atoms with Crippen LogP contribution in [0.25, 0.3) is 0 Å². The molecule has 1 saturated carbocycles. The van der Waals surface area contributed by atoms with E-state index in [1.165, 1.54) is 0 Å². The molecule has 0 unspecified atom stereocenters. The van der Waals surface area contributed by atoms with E-state index < -0.39 is 0 Å². The smallest absolute Gasteiger partial charge is 0.319 e. The largest absolute Gasteiger partial charge is 0.338 e. The number of benzene rings is 2. The fourth-order valence-corrected chi connectivity index (χ4v) is 4.67.